The molecule has 0 aromatic heterocycles. The van der Waals surface area contributed by atoms with Gasteiger partial charge in [-0.25, -0.2) is 13.2 Å². The van der Waals surface area contributed by atoms with Gasteiger partial charge in [0.15, 0.2) is 17.5 Å². The predicted octanol–water partition coefficient (Wildman–Crippen LogP) is 6.45. The van der Waals surface area contributed by atoms with E-state index in [1.807, 2.05) is 24.3 Å². The van der Waals surface area contributed by atoms with Crippen LogP contribution in [0.25, 0.3) is 11.1 Å². The molecule has 0 nitrogen and oxygen atoms in total. The fourth-order valence-corrected chi connectivity index (χ4v) is 3.72. The molecule has 2 atom stereocenters. The molecule has 0 bridgehead atoms. The number of rotatable bonds is 4. The highest BCUT2D eigenvalue weighted by Gasteiger charge is 2.25. The monoisotopic (exact) mass is 318 g/mol. The van der Waals surface area contributed by atoms with E-state index in [2.05, 4.69) is 6.92 Å². The summed E-state index contributed by atoms with van der Waals surface area (Å²) < 4.78 is 39.7. The average molecular weight is 318 g/mol. The van der Waals surface area contributed by atoms with Crippen molar-refractivity contribution >= 4 is 0 Å². The van der Waals surface area contributed by atoms with Gasteiger partial charge in [-0.05, 0) is 59.9 Å². The van der Waals surface area contributed by atoms with E-state index in [-0.39, 0.29) is 0 Å². The van der Waals surface area contributed by atoms with Crippen molar-refractivity contribution in [3.63, 3.8) is 0 Å². The molecule has 122 valence electrons. The van der Waals surface area contributed by atoms with Crippen LogP contribution < -0.4 is 0 Å². The summed E-state index contributed by atoms with van der Waals surface area (Å²) in [5.74, 6) is -2.31. The van der Waals surface area contributed by atoms with Gasteiger partial charge in [-0.3, -0.25) is 0 Å². The van der Waals surface area contributed by atoms with Crippen LogP contribution in [0.3, 0.4) is 0 Å². The fourth-order valence-electron chi connectivity index (χ4n) is 3.72. The molecule has 0 saturated heterocycles. The Hall–Kier alpha value is -1.77. The molecule has 1 fully saturated rings. The first kappa shape index (κ1) is 16.1. The zero-order chi connectivity index (χ0) is 16.4. The lowest BCUT2D eigenvalue weighted by Crippen LogP contribution is -1.96. The molecule has 2 unspecified atom stereocenters. The minimum absolute atomic E-state index is 0.364. The maximum Gasteiger partial charge on any atom is 0.194 e. The summed E-state index contributed by atoms with van der Waals surface area (Å²) in [6.45, 7) is 2.23. The quantitative estimate of drug-likeness (QED) is 0.568. The summed E-state index contributed by atoms with van der Waals surface area (Å²) in [4.78, 5) is 0. The third kappa shape index (κ3) is 3.44. The van der Waals surface area contributed by atoms with Crippen molar-refractivity contribution in [3.8, 4) is 11.1 Å². The molecular weight excluding hydrogens is 297 g/mol. The van der Waals surface area contributed by atoms with Gasteiger partial charge in [0.05, 0.1) is 0 Å². The van der Waals surface area contributed by atoms with E-state index < -0.39 is 17.5 Å². The molecule has 2 aromatic rings. The minimum Gasteiger partial charge on any atom is -0.204 e. The topological polar surface area (TPSA) is 0 Å². The SMILES string of the molecule is CCCC1CCC(c2ccc(-c3cc(F)c(F)c(F)c3)cc2)C1. The molecule has 2 aromatic carbocycles. The Morgan fingerprint density at radius 3 is 2.17 bits per heavy atom. The van der Waals surface area contributed by atoms with Gasteiger partial charge >= 0.3 is 0 Å². The van der Waals surface area contributed by atoms with Crippen LogP contribution in [0.4, 0.5) is 13.2 Å². The highest BCUT2D eigenvalue weighted by atomic mass is 19.2. The third-order valence-electron chi connectivity index (χ3n) is 4.94. The Labute approximate surface area is 135 Å². The van der Waals surface area contributed by atoms with Crippen LogP contribution in [0.15, 0.2) is 36.4 Å². The van der Waals surface area contributed by atoms with E-state index in [0.717, 1.165) is 18.1 Å². The molecule has 0 spiro atoms. The first-order valence-corrected chi connectivity index (χ1v) is 8.33. The van der Waals surface area contributed by atoms with Crippen molar-refractivity contribution < 1.29 is 13.2 Å². The second-order valence-electron chi connectivity index (χ2n) is 6.54. The van der Waals surface area contributed by atoms with Crippen LogP contribution in [0.1, 0.15) is 50.5 Å². The van der Waals surface area contributed by atoms with E-state index in [4.69, 9.17) is 0 Å². The van der Waals surface area contributed by atoms with Gasteiger partial charge in [-0.2, -0.15) is 0 Å². The molecule has 3 rings (SSSR count). The molecule has 0 heterocycles. The Bertz CT molecular complexity index is 653. The summed E-state index contributed by atoms with van der Waals surface area (Å²) in [6, 6.07) is 9.89. The number of hydrogen-bond donors (Lipinski definition) is 0. The summed E-state index contributed by atoms with van der Waals surface area (Å²) in [7, 11) is 0. The summed E-state index contributed by atoms with van der Waals surface area (Å²) >= 11 is 0. The van der Waals surface area contributed by atoms with Crippen molar-refractivity contribution in [3.05, 3.63) is 59.4 Å². The molecule has 3 heteroatoms. The molecule has 1 aliphatic carbocycles. The van der Waals surface area contributed by atoms with Gasteiger partial charge in [-0.15, -0.1) is 0 Å². The Kier molecular flexibility index (Phi) is 4.74. The molecule has 0 aliphatic heterocycles. The van der Waals surface area contributed by atoms with Crippen molar-refractivity contribution in [1.29, 1.82) is 0 Å². The van der Waals surface area contributed by atoms with Gasteiger partial charge in [0.1, 0.15) is 0 Å². The van der Waals surface area contributed by atoms with Crippen LogP contribution in [-0.2, 0) is 0 Å². The second-order valence-corrected chi connectivity index (χ2v) is 6.54. The maximum atomic E-state index is 13.4. The van der Waals surface area contributed by atoms with Crippen molar-refractivity contribution in [2.24, 2.45) is 5.92 Å². The van der Waals surface area contributed by atoms with Gasteiger partial charge in [0.2, 0.25) is 0 Å². The largest absolute Gasteiger partial charge is 0.204 e. The van der Waals surface area contributed by atoms with Crippen molar-refractivity contribution in [1.82, 2.24) is 0 Å². The highest BCUT2D eigenvalue weighted by molar-refractivity contribution is 5.64. The van der Waals surface area contributed by atoms with E-state index in [0.29, 0.717) is 17.0 Å². The van der Waals surface area contributed by atoms with Crippen molar-refractivity contribution in [2.75, 3.05) is 0 Å². The van der Waals surface area contributed by atoms with Gasteiger partial charge in [0.25, 0.3) is 0 Å². The lowest BCUT2D eigenvalue weighted by molar-refractivity contribution is 0.447. The van der Waals surface area contributed by atoms with Crippen LogP contribution in [0.5, 0.6) is 0 Å². The lowest BCUT2D eigenvalue weighted by atomic mass is 9.93. The number of hydrogen-bond acceptors (Lipinski definition) is 0. The summed E-state index contributed by atoms with van der Waals surface area (Å²) in [5.41, 5.74) is 2.35. The number of benzene rings is 2. The second kappa shape index (κ2) is 6.77. The first-order valence-electron chi connectivity index (χ1n) is 8.33. The Balaban J connectivity index is 1.78. The lowest BCUT2D eigenvalue weighted by Gasteiger charge is -2.12. The molecule has 1 aliphatic rings. The summed E-state index contributed by atoms with van der Waals surface area (Å²) in [6.07, 6.45) is 6.26. The fraction of sp³-hybridized carbons (Fsp3) is 0.400. The standard InChI is InChI=1S/C20H21F3/c1-2-3-13-4-5-16(10-13)14-6-8-15(9-7-14)17-11-18(21)20(23)19(22)12-17/h6-9,11-13,16H,2-5,10H2,1H3. The molecule has 0 N–H and O–H groups in total. The van der Waals surface area contributed by atoms with Gasteiger partial charge in [0, 0.05) is 0 Å². The van der Waals surface area contributed by atoms with Crippen LogP contribution >= 0.6 is 0 Å². The number of halogens is 3. The Morgan fingerprint density at radius 1 is 0.913 bits per heavy atom. The van der Waals surface area contributed by atoms with E-state index in [9.17, 15) is 13.2 Å². The van der Waals surface area contributed by atoms with Crippen LogP contribution in [-0.4, -0.2) is 0 Å². The molecule has 23 heavy (non-hydrogen) atoms. The van der Waals surface area contributed by atoms with Crippen molar-refractivity contribution in [2.45, 2.75) is 44.9 Å². The zero-order valence-electron chi connectivity index (χ0n) is 13.3. The van der Waals surface area contributed by atoms with E-state index in [1.165, 1.54) is 37.7 Å². The third-order valence-corrected chi connectivity index (χ3v) is 4.94. The predicted molar refractivity (Wildman–Crippen MR) is 86.7 cm³/mol. The smallest absolute Gasteiger partial charge is 0.194 e. The molecular formula is C20H21F3. The molecule has 0 amide bonds. The maximum absolute atomic E-state index is 13.4. The van der Waals surface area contributed by atoms with Crippen LogP contribution in [0, 0.1) is 23.4 Å². The molecule has 0 radical (unpaired) electrons. The normalized spacial score (nSPS) is 20.9. The van der Waals surface area contributed by atoms with Gasteiger partial charge < -0.3 is 0 Å². The minimum atomic E-state index is -1.42. The zero-order valence-corrected chi connectivity index (χ0v) is 13.3. The average Bonchev–Trinajstić information content (AvgIpc) is 3.01. The Morgan fingerprint density at radius 2 is 1.57 bits per heavy atom. The van der Waals surface area contributed by atoms with Gasteiger partial charge in [-0.1, -0.05) is 44.0 Å². The highest BCUT2D eigenvalue weighted by Crippen LogP contribution is 2.40. The summed E-state index contributed by atoms with van der Waals surface area (Å²) in [5, 5.41) is 0. The first-order chi connectivity index (χ1) is 11.1. The van der Waals surface area contributed by atoms with E-state index in [1.54, 1.807) is 0 Å². The van der Waals surface area contributed by atoms with E-state index >= 15 is 0 Å². The molecule has 1 saturated carbocycles. The van der Waals surface area contributed by atoms with Crippen LogP contribution in [0.2, 0.25) is 0 Å².